The molecule has 168 valence electrons. The number of allylic oxidation sites excluding steroid dienone is 1. The Kier molecular flexibility index (Phi) is 6.28. The number of hydrogen-bond donors (Lipinski definition) is 0. The molecule has 0 amide bonds. The number of ketones is 1. The first-order valence-electron chi connectivity index (χ1n) is 10.2. The normalized spacial score (nSPS) is 11.7. The van der Waals surface area contributed by atoms with Crippen LogP contribution in [0.1, 0.15) is 15.9 Å². The molecule has 0 radical (unpaired) electrons. The van der Waals surface area contributed by atoms with Gasteiger partial charge in [0.2, 0.25) is 0 Å². The zero-order chi connectivity index (χ0) is 23.4. The van der Waals surface area contributed by atoms with Crippen LogP contribution in [0.5, 0.6) is 5.75 Å². The first-order chi connectivity index (χ1) is 15.9. The monoisotopic (exact) mass is 461 g/mol. The summed E-state index contributed by atoms with van der Waals surface area (Å²) in [6, 6.07) is 19.3. The average molecular weight is 462 g/mol. The molecule has 8 heteroatoms. The Morgan fingerprint density at radius 1 is 1.03 bits per heavy atom. The van der Waals surface area contributed by atoms with E-state index in [1.54, 1.807) is 49.5 Å². The van der Waals surface area contributed by atoms with E-state index in [4.69, 9.17) is 4.74 Å². The van der Waals surface area contributed by atoms with Gasteiger partial charge in [0.1, 0.15) is 12.4 Å². The summed E-state index contributed by atoms with van der Waals surface area (Å²) >= 11 is 0. The second kappa shape index (κ2) is 9.30. The molecule has 0 atom stereocenters. The van der Waals surface area contributed by atoms with Gasteiger partial charge in [0, 0.05) is 38.8 Å². The minimum atomic E-state index is -3.98. The third-order valence-corrected chi connectivity index (χ3v) is 6.61. The summed E-state index contributed by atoms with van der Waals surface area (Å²) in [5.41, 5.74) is 1.27. The molecule has 0 N–H and O–H groups in total. The number of carbonyl (C=O) groups is 1. The van der Waals surface area contributed by atoms with Crippen molar-refractivity contribution in [2.75, 3.05) is 14.1 Å². The molecular formula is C25H23N3O4S. The first-order valence-corrected chi connectivity index (χ1v) is 11.7. The van der Waals surface area contributed by atoms with Gasteiger partial charge in [0.25, 0.3) is 10.0 Å². The van der Waals surface area contributed by atoms with Crippen LogP contribution in [0.25, 0.3) is 11.0 Å². The van der Waals surface area contributed by atoms with Gasteiger partial charge in [-0.2, -0.15) is 0 Å². The Hall–Kier alpha value is -3.91. The second-order valence-electron chi connectivity index (χ2n) is 7.58. The zero-order valence-electron chi connectivity index (χ0n) is 18.3. The summed E-state index contributed by atoms with van der Waals surface area (Å²) in [7, 11) is -0.392. The van der Waals surface area contributed by atoms with Crippen LogP contribution in [-0.2, 0) is 16.6 Å². The lowest BCUT2D eigenvalue weighted by atomic mass is 10.1. The number of rotatable bonds is 8. The molecule has 0 aliphatic carbocycles. The van der Waals surface area contributed by atoms with Crippen LogP contribution in [0.4, 0.5) is 0 Å². The molecule has 0 bridgehead atoms. The Morgan fingerprint density at radius 3 is 2.36 bits per heavy atom. The molecule has 2 heterocycles. The van der Waals surface area contributed by atoms with E-state index in [0.29, 0.717) is 11.1 Å². The highest BCUT2D eigenvalue weighted by molar-refractivity contribution is 7.90. The largest absolute Gasteiger partial charge is 0.488 e. The van der Waals surface area contributed by atoms with Gasteiger partial charge < -0.3 is 9.64 Å². The molecule has 33 heavy (non-hydrogen) atoms. The average Bonchev–Trinajstić information content (AvgIpc) is 3.24. The highest BCUT2D eigenvalue weighted by atomic mass is 32.2. The van der Waals surface area contributed by atoms with Crippen molar-refractivity contribution in [3.63, 3.8) is 0 Å². The Labute approximate surface area is 192 Å². The Balaban J connectivity index is 1.87. The highest BCUT2D eigenvalue weighted by Crippen LogP contribution is 2.32. The number of benzene rings is 2. The van der Waals surface area contributed by atoms with Gasteiger partial charge in [-0.25, -0.2) is 17.4 Å². The fourth-order valence-electron chi connectivity index (χ4n) is 3.34. The highest BCUT2D eigenvalue weighted by Gasteiger charge is 2.26. The lowest BCUT2D eigenvalue weighted by molar-refractivity contribution is 0.104. The molecule has 0 unspecified atom stereocenters. The Morgan fingerprint density at radius 2 is 1.70 bits per heavy atom. The van der Waals surface area contributed by atoms with Gasteiger partial charge in [-0.05, 0) is 23.8 Å². The number of ether oxygens (including phenoxy) is 1. The van der Waals surface area contributed by atoms with Crippen molar-refractivity contribution in [2.24, 2.45) is 0 Å². The maximum Gasteiger partial charge on any atom is 0.269 e. The summed E-state index contributed by atoms with van der Waals surface area (Å²) in [5.74, 6) is 0.0285. The first kappa shape index (κ1) is 22.3. The number of carbonyl (C=O) groups excluding carboxylic acids is 1. The van der Waals surface area contributed by atoms with Crippen LogP contribution in [0.2, 0.25) is 0 Å². The molecule has 4 aromatic rings. The van der Waals surface area contributed by atoms with Crippen molar-refractivity contribution in [2.45, 2.75) is 11.5 Å². The van der Waals surface area contributed by atoms with Crippen molar-refractivity contribution < 1.29 is 17.9 Å². The maximum atomic E-state index is 13.4. The molecule has 0 fully saturated rings. The van der Waals surface area contributed by atoms with Gasteiger partial charge in [-0.1, -0.05) is 48.5 Å². The lowest BCUT2D eigenvalue weighted by Crippen LogP contribution is -2.12. The van der Waals surface area contributed by atoms with Gasteiger partial charge in [0.15, 0.2) is 11.4 Å². The minimum Gasteiger partial charge on any atom is -0.488 e. The third kappa shape index (κ3) is 4.65. The number of hydrogen-bond acceptors (Lipinski definition) is 6. The van der Waals surface area contributed by atoms with Gasteiger partial charge in [-0.3, -0.25) is 4.79 Å². The summed E-state index contributed by atoms with van der Waals surface area (Å²) in [4.78, 5) is 19.2. The SMILES string of the molecule is CN(C)C=CC(=O)c1cn(S(=O)(=O)c2ccccc2)c2nccc(OCc3ccccc3)c12. The summed E-state index contributed by atoms with van der Waals surface area (Å²) < 4.78 is 33.8. The summed E-state index contributed by atoms with van der Waals surface area (Å²) in [6.45, 7) is 0.262. The molecule has 0 saturated carbocycles. The van der Waals surface area contributed by atoms with E-state index in [1.807, 2.05) is 30.3 Å². The zero-order valence-corrected chi connectivity index (χ0v) is 19.1. The van der Waals surface area contributed by atoms with E-state index in [0.717, 1.165) is 9.54 Å². The molecule has 0 saturated heterocycles. The predicted molar refractivity (Wildman–Crippen MR) is 127 cm³/mol. The van der Waals surface area contributed by atoms with Gasteiger partial charge in [0.05, 0.1) is 15.8 Å². The molecule has 2 aromatic carbocycles. The quantitative estimate of drug-likeness (QED) is 0.290. The van der Waals surface area contributed by atoms with E-state index in [-0.39, 0.29) is 28.5 Å². The second-order valence-corrected chi connectivity index (χ2v) is 9.40. The number of aromatic nitrogens is 2. The minimum absolute atomic E-state index is 0.0992. The molecular weight excluding hydrogens is 438 g/mol. The van der Waals surface area contributed by atoms with Crippen LogP contribution in [-0.4, -0.2) is 42.2 Å². The third-order valence-electron chi connectivity index (χ3n) is 4.94. The molecule has 0 aliphatic heterocycles. The van der Waals surface area contributed by atoms with Crippen LogP contribution in [0.3, 0.4) is 0 Å². The van der Waals surface area contributed by atoms with E-state index < -0.39 is 10.0 Å². The summed E-state index contributed by atoms with van der Waals surface area (Å²) in [6.07, 6.45) is 5.79. The number of nitrogens with zero attached hydrogens (tertiary/aromatic N) is 3. The molecule has 4 rings (SSSR count). The van der Waals surface area contributed by atoms with Crippen molar-refractivity contribution >= 4 is 26.8 Å². The van der Waals surface area contributed by atoms with E-state index in [9.17, 15) is 13.2 Å². The fraction of sp³-hybridized carbons (Fsp3) is 0.120. The van der Waals surface area contributed by atoms with Crippen LogP contribution in [0.15, 0.2) is 96.3 Å². The molecule has 0 spiro atoms. The van der Waals surface area contributed by atoms with Crippen LogP contribution in [0, 0.1) is 0 Å². The van der Waals surface area contributed by atoms with Crippen LogP contribution < -0.4 is 4.74 Å². The fourth-order valence-corrected chi connectivity index (χ4v) is 4.67. The van der Waals surface area contributed by atoms with Crippen molar-refractivity contribution in [3.8, 4) is 5.75 Å². The van der Waals surface area contributed by atoms with E-state index >= 15 is 0 Å². The Bertz CT molecular complexity index is 1410. The molecule has 7 nitrogen and oxygen atoms in total. The van der Waals surface area contributed by atoms with Crippen molar-refractivity contribution in [3.05, 3.63) is 103 Å². The molecule has 2 aromatic heterocycles. The standard InChI is InChI=1S/C25H23N3O4S/c1-27(2)16-14-22(29)21-17-28(33(30,31)20-11-7-4-8-12-20)25-24(21)23(13-15-26-25)32-18-19-9-5-3-6-10-19/h3-17H,18H2,1-2H3. The smallest absolute Gasteiger partial charge is 0.269 e. The van der Waals surface area contributed by atoms with E-state index in [1.165, 1.54) is 30.6 Å². The topological polar surface area (TPSA) is 81.5 Å². The molecule has 0 aliphatic rings. The summed E-state index contributed by atoms with van der Waals surface area (Å²) in [5, 5.41) is 0.348. The van der Waals surface area contributed by atoms with Gasteiger partial charge in [-0.15, -0.1) is 0 Å². The lowest BCUT2D eigenvalue weighted by Gasteiger charge is -2.09. The van der Waals surface area contributed by atoms with Crippen molar-refractivity contribution in [1.82, 2.24) is 13.9 Å². The number of fused-ring (bicyclic) bond motifs is 1. The van der Waals surface area contributed by atoms with Crippen LogP contribution >= 0.6 is 0 Å². The van der Waals surface area contributed by atoms with Crippen molar-refractivity contribution in [1.29, 1.82) is 0 Å². The maximum absolute atomic E-state index is 13.4. The van der Waals surface area contributed by atoms with E-state index in [2.05, 4.69) is 4.98 Å². The van der Waals surface area contributed by atoms with Gasteiger partial charge >= 0.3 is 0 Å². The number of pyridine rings is 1. The predicted octanol–water partition coefficient (Wildman–Crippen LogP) is 4.11.